The molecule has 11 heteroatoms. The van der Waals surface area contributed by atoms with Crippen LogP contribution in [-0.2, 0) is 16.0 Å². The maximum atomic E-state index is 11.6. The maximum absolute atomic E-state index is 11.6. The third kappa shape index (κ3) is 4.70. The zero-order valence-corrected chi connectivity index (χ0v) is 22.3. The van der Waals surface area contributed by atoms with E-state index < -0.39 is 36.7 Å². The number of methoxy groups -OCH3 is 2. The minimum absolute atomic E-state index is 0.106. The topological polar surface area (TPSA) is 153 Å². The lowest BCUT2D eigenvalue weighted by Gasteiger charge is -2.39. The zero-order valence-electron chi connectivity index (χ0n) is 22.3. The number of rotatable bonds is 7. The van der Waals surface area contributed by atoms with Crippen molar-refractivity contribution in [1.82, 2.24) is 0 Å². The van der Waals surface area contributed by atoms with Crippen LogP contribution >= 0.6 is 0 Å². The summed E-state index contributed by atoms with van der Waals surface area (Å²) in [5.41, 5.74) is 3.37. The molecule has 7 atom stereocenters. The monoisotopic (exact) mass is 566 g/mol. The van der Waals surface area contributed by atoms with E-state index in [0.29, 0.717) is 41.6 Å². The van der Waals surface area contributed by atoms with Crippen molar-refractivity contribution in [3.8, 4) is 28.7 Å². The third-order valence-corrected chi connectivity index (χ3v) is 7.75. The number of hydrogen-bond acceptors (Lipinski definition) is 10. The van der Waals surface area contributed by atoms with Gasteiger partial charge in [-0.1, -0.05) is 36.4 Å². The summed E-state index contributed by atoms with van der Waals surface area (Å²) in [5, 5.41) is 40.4. The fourth-order valence-corrected chi connectivity index (χ4v) is 5.65. The SMILES string of the molecule is COc1ccc2c(c1OC)OC1c3cc(Cc4ccccc4)c(OC4OC(C(=O)O)C(O)C(O)C4O)cc3OCC21. The van der Waals surface area contributed by atoms with Gasteiger partial charge in [0.15, 0.2) is 17.6 Å². The molecule has 0 aromatic heterocycles. The van der Waals surface area contributed by atoms with E-state index in [2.05, 4.69) is 0 Å². The number of hydrogen-bond donors (Lipinski definition) is 4. The highest BCUT2D eigenvalue weighted by Gasteiger charge is 2.49. The minimum atomic E-state index is -1.83. The number of carboxylic acids is 1. The van der Waals surface area contributed by atoms with Crippen LogP contribution in [0.25, 0.3) is 0 Å². The van der Waals surface area contributed by atoms with Crippen LogP contribution in [0.1, 0.15) is 34.3 Å². The summed E-state index contributed by atoms with van der Waals surface area (Å²) in [4.78, 5) is 11.6. The quantitative estimate of drug-likeness (QED) is 0.333. The summed E-state index contributed by atoms with van der Waals surface area (Å²) < 4.78 is 35.1. The normalized spacial score (nSPS) is 27.9. The number of carbonyl (C=O) groups is 1. The highest BCUT2D eigenvalue weighted by molar-refractivity contribution is 5.73. The average Bonchev–Trinajstić information content (AvgIpc) is 3.36. The van der Waals surface area contributed by atoms with Crippen molar-refractivity contribution in [1.29, 1.82) is 0 Å². The van der Waals surface area contributed by atoms with Crippen molar-refractivity contribution < 1.29 is 53.6 Å². The van der Waals surface area contributed by atoms with E-state index in [9.17, 15) is 25.2 Å². The van der Waals surface area contributed by atoms with Crippen molar-refractivity contribution in [2.24, 2.45) is 0 Å². The summed E-state index contributed by atoms with van der Waals surface area (Å²) >= 11 is 0. The molecule has 0 aliphatic carbocycles. The number of aliphatic hydroxyl groups excluding tert-OH is 3. The molecule has 3 aliphatic rings. The summed E-state index contributed by atoms with van der Waals surface area (Å²) in [6, 6.07) is 17.0. The van der Waals surface area contributed by atoms with Crippen molar-refractivity contribution in [2.45, 2.75) is 49.1 Å². The van der Waals surface area contributed by atoms with Crippen LogP contribution in [0.2, 0.25) is 0 Å². The number of carboxylic acid groups (broad SMARTS) is 1. The molecule has 11 nitrogen and oxygen atoms in total. The Bertz CT molecular complexity index is 1440. The van der Waals surface area contributed by atoms with E-state index in [-0.39, 0.29) is 17.8 Å². The molecule has 0 saturated carbocycles. The van der Waals surface area contributed by atoms with E-state index in [1.807, 2.05) is 48.5 Å². The van der Waals surface area contributed by atoms with E-state index in [1.165, 1.54) is 0 Å². The molecule has 3 aliphatic heterocycles. The van der Waals surface area contributed by atoms with Gasteiger partial charge < -0.3 is 48.8 Å². The Balaban J connectivity index is 1.38. The minimum Gasteiger partial charge on any atom is -0.493 e. The molecule has 216 valence electrons. The van der Waals surface area contributed by atoms with Crippen LogP contribution in [0.15, 0.2) is 54.6 Å². The van der Waals surface area contributed by atoms with Crippen LogP contribution in [0.5, 0.6) is 28.7 Å². The van der Waals surface area contributed by atoms with Crippen LogP contribution in [0.4, 0.5) is 0 Å². The van der Waals surface area contributed by atoms with Gasteiger partial charge in [-0.2, -0.15) is 0 Å². The predicted octanol–water partition coefficient (Wildman–Crippen LogP) is 2.18. The third-order valence-electron chi connectivity index (χ3n) is 7.75. The average molecular weight is 567 g/mol. The molecule has 3 aromatic carbocycles. The fourth-order valence-electron chi connectivity index (χ4n) is 5.65. The summed E-state index contributed by atoms with van der Waals surface area (Å²) in [6.45, 7) is 0.312. The molecule has 1 fully saturated rings. The van der Waals surface area contributed by atoms with E-state index in [1.54, 1.807) is 20.3 Å². The Labute approximate surface area is 235 Å². The lowest BCUT2D eigenvalue weighted by molar-refractivity contribution is -0.271. The molecular weight excluding hydrogens is 536 g/mol. The van der Waals surface area contributed by atoms with Gasteiger partial charge in [0.25, 0.3) is 0 Å². The molecule has 3 aromatic rings. The Hall–Kier alpha value is -4.03. The summed E-state index contributed by atoms with van der Waals surface area (Å²) in [7, 11) is 3.12. The highest BCUT2D eigenvalue weighted by Crippen LogP contribution is 2.56. The molecule has 3 heterocycles. The fraction of sp³-hybridized carbons (Fsp3) is 0.367. The first-order valence-corrected chi connectivity index (χ1v) is 13.1. The summed E-state index contributed by atoms with van der Waals surface area (Å²) in [5.74, 6) is 0.793. The smallest absolute Gasteiger partial charge is 0.335 e. The molecule has 1 saturated heterocycles. The molecule has 6 rings (SSSR count). The van der Waals surface area contributed by atoms with Crippen LogP contribution in [-0.4, -0.2) is 77.9 Å². The summed E-state index contributed by atoms with van der Waals surface area (Å²) in [6.07, 6.45) is -8.65. The van der Waals surface area contributed by atoms with Gasteiger partial charge in [-0.15, -0.1) is 0 Å². The number of aliphatic carboxylic acids is 1. The highest BCUT2D eigenvalue weighted by atomic mass is 16.7. The second kappa shape index (κ2) is 10.7. The first-order valence-electron chi connectivity index (χ1n) is 13.1. The second-order valence-electron chi connectivity index (χ2n) is 10.2. The first-order chi connectivity index (χ1) is 19.8. The zero-order chi connectivity index (χ0) is 28.8. The number of aliphatic hydroxyl groups is 3. The molecule has 0 radical (unpaired) electrons. The van der Waals surface area contributed by atoms with Gasteiger partial charge in [0.05, 0.1) is 26.7 Å². The van der Waals surface area contributed by atoms with Crippen LogP contribution in [0, 0.1) is 0 Å². The maximum Gasteiger partial charge on any atom is 0.335 e. The van der Waals surface area contributed by atoms with Crippen molar-refractivity contribution >= 4 is 5.97 Å². The van der Waals surface area contributed by atoms with Gasteiger partial charge in [0, 0.05) is 23.6 Å². The van der Waals surface area contributed by atoms with E-state index >= 15 is 0 Å². The standard InChI is InChI=1S/C30H30O11/c1-36-19-9-8-16-18-13-38-21-12-20(39-30-24(33)22(31)23(32)28(41-30)29(34)35)15(10-14-6-4-3-5-7-14)11-17(21)25(18)40-26(16)27(19)37-2/h3-9,11-12,18,22-25,28,30-33H,10,13H2,1-2H3,(H,34,35). The lowest BCUT2D eigenvalue weighted by Crippen LogP contribution is -2.61. The number of benzene rings is 3. The van der Waals surface area contributed by atoms with Gasteiger partial charge in [0.2, 0.25) is 12.0 Å². The van der Waals surface area contributed by atoms with E-state index in [4.69, 9.17) is 28.4 Å². The molecular formula is C30H30O11. The Kier molecular flexibility index (Phi) is 7.12. The molecule has 41 heavy (non-hydrogen) atoms. The van der Waals surface area contributed by atoms with Gasteiger partial charge in [-0.3, -0.25) is 0 Å². The Morgan fingerprint density at radius 1 is 0.927 bits per heavy atom. The van der Waals surface area contributed by atoms with Crippen LogP contribution in [0.3, 0.4) is 0 Å². The Morgan fingerprint density at radius 3 is 2.41 bits per heavy atom. The number of fused-ring (bicyclic) bond motifs is 5. The van der Waals surface area contributed by atoms with Crippen LogP contribution < -0.4 is 23.7 Å². The van der Waals surface area contributed by atoms with Gasteiger partial charge >= 0.3 is 5.97 Å². The van der Waals surface area contributed by atoms with Crippen molar-refractivity contribution in [3.05, 3.63) is 76.9 Å². The molecule has 0 spiro atoms. The molecule has 4 N–H and O–H groups in total. The van der Waals surface area contributed by atoms with Gasteiger partial charge in [0.1, 0.15) is 35.9 Å². The van der Waals surface area contributed by atoms with Gasteiger partial charge in [-0.05, 0) is 23.3 Å². The van der Waals surface area contributed by atoms with E-state index in [0.717, 1.165) is 16.7 Å². The predicted molar refractivity (Wildman–Crippen MR) is 142 cm³/mol. The second-order valence-corrected chi connectivity index (χ2v) is 10.2. The van der Waals surface area contributed by atoms with Gasteiger partial charge in [-0.25, -0.2) is 4.79 Å². The molecule has 0 bridgehead atoms. The van der Waals surface area contributed by atoms with Crippen molar-refractivity contribution in [2.75, 3.05) is 20.8 Å². The lowest BCUT2D eigenvalue weighted by atomic mass is 9.87. The Morgan fingerprint density at radius 2 is 1.71 bits per heavy atom. The van der Waals surface area contributed by atoms with Crippen molar-refractivity contribution in [3.63, 3.8) is 0 Å². The molecule has 7 unspecified atom stereocenters. The number of ether oxygens (including phenoxy) is 6. The first kappa shape index (κ1) is 27.2. The largest absolute Gasteiger partial charge is 0.493 e. The molecule has 0 amide bonds.